The normalized spacial score (nSPS) is 22.7. The quantitative estimate of drug-likeness (QED) is 0.850. The zero-order chi connectivity index (χ0) is 13.3. The maximum Gasteiger partial charge on any atom is 0.151 e. The van der Waals surface area contributed by atoms with Gasteiger partial charge in [-0.05, 0) is 53.1 Å². The van der Waals surface area contributed by atoms with Gasteiger partial charge in [-0.2, -0.15) is 0 Å². The summed E-state index contributed by atoms with van der Waals surface area (Å²) in [6.45, 7) is 2.22. The van der Waals surface area contributed by atoms with Crippen molar-refractivity contribution in [3.63, 3.8) is 0 Å². The van der Waals surface area contributed by atoms with Crippen molar-refractivity contribution in [3.05, 3.63) is 16.7 Å². The summed E-state index contributed by atoms with van der Waals surface area (Å²) in [5, 5.41) is 0. The molecule has 0 aromatic carbocycles. The van der Waals surface area contributed by atoms with Gasteiger partial charge in [-0.25, -0.2) is 4.98 Å². The Kier molecular flexibility index (Phi) is 3.70. The molecule has 0 unspecified atom stereocenters. The number of hydrogen-bond donors (Lipinski definition) is 1. The van der Waals surface area contributed by atoms with Gasteiger partial charge in [0.25, 0.3) is 0 Å². The van der Waals surface area contributed by atoms with E-state index in [1.165, 1.54) is 44.9 Å². The van der Waals surface area contributed by atoms with E-state index in [2.05, 4.69) is 25.8 Å². The molecule has 0 radical (unpaired) electrons. The number of halogens is 1. The number of nitrogen functional groups attached to an aromatic ring is 1. The molecule has 3 nitrogen and oxygen atoms in total. The Balaban J connectivity index is 1.69. The van der Waals surface area contributed by atoms with Crippen molar-refractivity contribution in [2.75, 3.05) is 23.7 Å². The average molecular weight is 324 g/mol. The molecular formula is C15H22BrN3. The van der Waals surface area contributed by atoms with Crippen LogP contribution in [-0.4, -0.2) is 18.1 Å². The molecule has 19 heavy (non-hydrogen) atoms. The standard InChI is InChI=1S/C15H22BrN3/c16-12-10-13(17)14(18-11-12)19-8-6-15(7-9-19)4-2-1-3-5-15/h10-11H,1-9,17H2. The number of nitrogens with two attached hydrogens (primary N) is 1. The number of rotatable bonds is 1. The summed E-state index contributed by atoms with van der Waals surface area (Å²) in [6.07, 6.45) is 11.6. The van der Waals surface area contributed by atoms with Crippen molar-refractivity contribution in [2.24, 2.45) is 5.41 Å². The van der Waals surface area contributed by atoms with Crippen molar-refractivity contribution >= 4 is 27.4 Å². The number of anilines is 2. The van der Waals surface area contributed by atoms with Gasteiger partial charge in [-0.3, -0.25) is 0 Å². The smallest absolute Gasteiger partial charge is 0.151 e. The lowest BCUT2D eigenvalue weighted by molar-refractivity contribution is 0.144. The minimum atomic E-state index is 0.638. The third-order valence-corrected chi connectivity index (χ3v) is 5.33. The molecule has 1 aliphatic carbocycles. The number of piperidine rings is 1. The van der Waals surface area contributed by atoms with Gasteiger partial charge < -0.3 is 10.6 Å². The molecule has 3 rings (SSSR count). The van der Waals surface area contributed by atoms with Gasteiger partial charge in [-0.1, -0.05) is 19.3 Å². The lowest BCUT2D eigenvalue weighted by Gasteiger charge is -2.44. The molecule has 1 aromatic rings. The van der Waals surface area contributed by atoms with E-state index in [4.69, 9.17) is 5.73 Å². The SMILES string of the molecule is Nc1cc(Br)cnc1N1CCC2(CCCCC2)CC1. The van der Waals surface area contributed by atoms with Crippen LogP contribution in [0.15, 0.2) is 16.7 Å². The minimum Gasteiger partial charge on any atom is -0.396 e. The van der Waals surface area contributed by atoms with Gasteiger partial charge in [-0.15, -0.1) is 0 Å². The van der Waals surface area contributed by atoms with E-state index < -0.39 is 0 Å². The summed E-state index contributed by atoms with van der Waals surface area (Å²) in [5.41, 5.74) is 7.51. The van der Waals surface area contributed by atoms with Gasteiger partial charge in [0.2, 0.25) is 0 Å². The highest BCUT2D eigenvalue weighted by molar-refractivity contribution is 9.10. The van der Waals surface area contributed by atoms with Crippen LogP contribution in [0.5, 0.6) is 0 Å². The van der Waals surface area contributed by atoms with Crippen LogP contribution in [0.4, 0.5) is 11.5 Å². The van der Waals surface area contributed by atoms with Crippen molar-refractivity contribution in [2.45, 2.75) is 44.9 Å². The van der Waals surface area contributed by atoms with Crippen LogP contribution in [0.25, 0.3) is 0 Å². The molecule has 4 heteroatoms. The third kappa shape index (κ3) is 2.73. The highest BCUT2D eigenvalue weighted by Crippen LogP contribution is 2.45. The number of nitrogens with zero attached hydrogens (tertiary/aromatic N) is 2. The Morgan fingerprint density at radius 1 is 1.11 bits per heavy atom. The Bertz CT molecular complexity index is 445. The molecular weight excluding hydrogens is 302 g/mol. The van der Waals surface area contributed by atoms with Crippen LogP contribution in [0.2, 0.25) is 0 Å². The van der Waals surface area contributed by atoms with Crippen molar-refractivity contribution in [1.82, 2.24) is 4.98 Å². The number of pyridine rings is 1. The van der Waals surface area contributed by atoms with E-state index in [-0.39, 0.29) is 0 Å². The second kappa shape index (κ2) is 5.31. The summed E-state index contributed by atoms with van der Waals surface area (Å²) in [6, 6.07) is 1.95. The Hall–Kier alpha value is -0.770. The van der Waals surface area contributed by atoms with E-state index in [1.807, 2.05) is 12.3 Å². The van der Waals surface area contributed by atoms with Gasteiger partial charge in [0, 0.05) is 23.8 Å². The van der Waals surface area contributed by atoms with Crippen molar-refractivity contribution in [1.29, 1.82) is 0 Å². The predicted octanol–water partition coefficient (Wildman–Crippen LogP) is 3.98. The fourth-order valence-electron chi connectivity index (χ4n) is 3.71. The molecule has 0 atom stereocenters. The Morgan fingerprint density at radius 2 is 1.79 bits per heavy atom. The molecule has 2 aliphatic rings. The molecule has 1 aromatic heterocycles. The maximum absolute atomic E-state index is 6.09. The first kappa shape index (κ1) is 13.2. The number of hydrogen-bond acceptors (Lipinski definition) is 3. The van der Waals surface area contributed by atoms with E-state index in [1.54, 1.807) is 0 Å². The lowest BCUT2D eigenvalue weighted by atomic mass is 9.68. The topological polar surface area (TPSA) is 42.1 Å². The highest BCUT2D eigenvalue weighted by atomic mass is 79.9. The Morgan fingerprint density at radius 3 is 2.42 bits per heavy atom. The van der Waals surface area contributed by atoms with Gasteiger partial charge >= 0.3 is 0 Å². The second-order valence-corrected chi connectivity index (χ2v) is 7.03. The highest BCUT2D eigenvalue weighted by Gasteiger charge is 2.36. The first-order valence-electron chi connectivity index (χ1n) is 7.35. The van der Waals surface area contributed by atoms with Crippen molar-refractivity contribution in [3.8, 4) is 0 Å². The van der Waals surface area contributed by atoms with Crippen LogP contribution < -0.4 is 10.6 Å². The fraction of sp³-hybridized carbons (Fsp3) is 0.667. The lowest BCUT2D eigenvalue weighted by Crippen LogP contribution is -2.41. The summed E-state index contributed by atoms with van der Waals surface area (Å²) in [7, 11) is 0. The molecule has 1 aliphatic heterocycles. The van der Waals surface area contributed by atoms with Gasteiger partial charge in [0.15, 0.2) is 5.82 Å². The van der Waals surface area contributed by atoms with E-state index >= 15 is 0 Å². The number of aromatic nitrogens is 1. The molecule has 104 valence electrons. The zero-order valence-corrected chi connectivity index (χ0v) is 13.0. The summed E-state index contributed by atoms with van der Waals surface area (Å²) in [5.74, 6) is 0.967. The summed E-state index contributed by atoms with van der Waals surface area (Å²) >= 11 is 3.42. The van der Waals surface area contributed by atoms with E-state index in [0.717, 1.165) is 29.1 Å². The van der Waals surface area contributed by atoms with E-state index in [9.17, 15) is 0 Å². The molecule has 2 heterocycles. The second-order valence-electron chi connectivity index (χ2n) is 6.11. The van der Waals surface area contributed by atoms with Crippen LogP contribution in [0, 0.1) is 5.41 Å². The monoisotopic (exact) mass is 323 g/mol. The van der Waals surface area contributed by atoms with Crippen LogP contribution in [0.1, 0.15) is 44.9 Å². The largest absolute Gasteiger partial charge is 0.396 e. The maximum atomic E-state index is 6.09. The third-order valence-electron chi connectivity index (χ3n) is 4.90. The minimum absolute atomic E-state index is 0.638. The van der Waals surface area contributed by atoms with Gasteiger partial charge in [0.1, 0.15) is 0 Å². The average Bonchev–Trinajstić information content (AvgIpc) is 2.41. The molecule has 0 amide bonds. The molecule has 0 bridgehead atoms. The molecule has 1 saturated carbocycles. The molecule has 1 spiro atoms. The van der Waals surface area contributed by atoms with Crippen LogP contribution in [0.3, 0.4) is 0 Å². The van der Waals surface area contributed by atoms with Crippen molar-refractivity contribution < 1.29 is 0 Å². The van der Waals surface area contributed by atoms with Crippen LogP contribution >= 0.6 is 15.9 Å². The summed E-state index contributed by atoms with van der Waals surface area (Å²) < 4.78 is 0.953. The van der Waals surface area contributed by atoms with Crippen LogP contribution in [-0.2, 0) is 0 Å². The predicted molar refractivity (Wildman–Crippen MR) is 83.3 cm³/mol. The fourth-order valence-corrected chi connectivity index (χ4v) is 4.06. The molecule has 2 N–H and O–H groups in total. The van der Waals surface area contributed by atoms with E-state index in [0.29, 0.717) is 5.41 Å². The summed E-state index contributed by atoms with van der Waals surface area (Å²) in [4.78, 5) is 6.85. The first-order chi connectivity index (χ1) is 9.19. The molecule has 1 saturated heterocycles. The molecule has 2 fully saturated rings. The Labute approximate surface area is 123 Å². The first-order valence-corrected chi connectivity index (χ1v) is 8.14. The zero-order valence-electron chi connectivity index (χ0n) is 11.4. The van der Waals surface area contributed by atoms with Gasteiger partial charge in [0.05, 0.1) is 5.69 Å².